The Hall–Kier alpha value is -2.71. The minimum atomic E-state index is 0.127. The molecule has 0 bridgehead atoms. The lowest BCUT2D eigenvalue weighted by atomic mass is 10.0. The molecule has 0 amide bonds. The minimum absolute atomic E-state index is 0.127. The number of ether oxygens (including phenoxy) is 4. The maximum absolute atomic E-state index is 5.82. The molecule has 0 aliphatic heterocycles. The first-order valence-electron chi connectivity index (χ1n) is 12.0. The predicted octanol–water partition coefficient (Wildman–Crippen LogP) is 5.35. The Bertz CT molecular complexity index is 1040. The van der Waals surface area contributed by atoms with Crippen LogP contribution in [0.1, 0.15) is 18.5 Å². The summed E-state index contributed by atoms with van der Waals surface area (Å²) in [7, 11) is 3.52. The molecular formula is C28H34N2O4S. The van der Waals surface area contributed by atoms with Gasteiger partial charge in [0.05, 0.1) is 31.1 Å². The summed E-state index contributed by atoms with van der Waals surface area (Å²) in [6.45, 7) is 3.06. The molecule has 186 valence electrons. The largest absolute Gasteiger partial charge is 0.491 e. The van der Waals surface area contributed by atoms with E-state index in [-0.39, 0.29) is 12.2 Å². The zero-order valence-electron chi connectivity index (χ0n) is 20.5. The second-order valence-corrected chi connectivity index (χ2v) is 9.37. The number of aromatic nitrogens is 1. The van der Waals surface area contributed by atoms with Crippen LogP contribution in [0.4, 0.5) is 5.13 Å². The van der Waals surface area contributed by atoms with Crippen molar-refractivity contribution in [2.24, 2.45) is 0 Å². The van der Waals surface area contributed by atoms with E-state index in [1.54, 1.807) is 25.6 Å². The van der Waals surface area contributed by atoms with Crippen LogP contribution < -0.4 is 9.64 Å². The van der Waals surface area contributed by atoms with Crippen molar-refractivity contribution in [2.45, 2.75) is 31.7 Å². The Kier molecular flexibility index (Phi) is 9.72. The lowest BCUT2D eigenvalue weighted by molar-refractivity contribution is 0.0873. The number of hydrogen-bond acceptors (Lipinski definition) is 7. The molecular weight excluding hydrogens is 460 g/mol. The third-order valence-electron chi connectivity index (χ3n) is 5.89. The van der Waals surface area contributed by atoms with Gasteiger partial charge in [-0.05, 0) is 29.7 Å². The summed E-state index contributed by atoms with van der Waals surface area (Å²) in [5, 5.41) is 3.07. The molecule has 0 radical (unpaired) electrons. The van der Waals surface area contributed by atoms with E-state index in [2.05, 4.69) is 46.7 Å². The van der Waals surface area contributed by atoms with Gasteiger partial charge < -0.3 is 23.8 Å². The lowest BCUT2D eigenvalue weighted by Crippen LogP contribution is -2.30. The van der Waals surface area contributed by atoms with Gasteiger partial charge in [0.2, 0.25) is 0 Å². The van der Waals surface area contributed by atoms with E-state index in [1.165, 1.54) is 11.1 Å². The molecule has 0 saturated heterocycles. The highest BCUT2D eigenvalue weighted by Crippen LogP contribution is 2.26. The first kappa shape index (κ1) is 25.4. The summed E-state index contributed by atoms with van der Waals surface area (Å²) in [5.41, 5.74) is 3.50. The van der Waals surface area contributed by atoms with Gasteiger partial charge >= 0.3 is 0 Å². The van der Waals surface area contributed by atoms with Gasteiger partial charge in [0.25, 0.3) is 0 Å². The van der Waals surface area contributed by atoms with E-state index in [9.17, 15) is 0 Å². The van der Waals surface area contributed by atoms with Gasteiger partial charge in [-0.3, -0.25) is 0 Å². The number of hydrogen-bond donors (Lipinski definition) is 0. The topological polar surface area (TPSA) is 53.1 Å². The highest BCUT2D eigenvalue weighted by Gasteiger charge is 2.19. The van der Waals surface area contributed by atoms with Crippen molar-refractivity contribution in [3.8, 4) is 5.75 Å². The van der Waals surface area contributed by atoms with E-state index in [0.29, 0.717) is 19.8 Å². The van der Waals surface area contributed by atoms with Crippen LogP contribution in [-0.2, 0) is 20.8 Å². The average molecular weight is 495 g/mol. The molecule has 2 aliphatic rings. The van der Waals surface area contributed by atoms with Gasteiger partial charge in [-0.15, -0.1) is 11.3 Å². The Morgan fingerprint density at radius 2 is 1.91 bits per heavy atom. The summed E-state index contributed by atoms with van der Waals surface area (Å²) < 4.78 is 22.6. The summed E-state index contributed by atoms with van der Waals surface area (Å²) in [6, 6.07) is 9.78. The van der Waals surface area contributed by atoms with Gasteiger partial charge in [-0.1, -0.05) is 54.7 Å². The van der Waals surface area contributed by atoms with Crippen molar-refractivity contribution >= 4 is 16.5 Å². The van der Waals surface area contributed by atoms with E-state index in [0.717, 1.165) is 42.5 Å². The van der Waals surface area contributed by atoms with E-state index in [1.807, 2.05) is 30.3 Å². The molecule has 1 aromatic carbocycles. The number of thiazole rings is 1. The smallest absolute Gasteiger partial charge is 0.186 e. The van der Waals surface area contributed by atoms with Crippen LogP contribution in [0.25, 0.3) is 0 Å². The zero-order valence-corrected chi connectivity index (χ0v) is 21.3. The third kappa shape index (κ3) is 7.90. The average Bonchev–Trinajstić information content (AvgIpc) is 3.38. The standard InChI is InChI=1S/C28H34N2O4S/c1-31-26-12-6-8-22(16-26)18-30(19-23-9-7-13-27(17-23)32-2)28-29-24(21-35-28)20-33-14-15-34-25-10-4-3-5-11-25/h3-12,17,21,26-27H,13-16,18-20H2,1-2H3. The van der Waals surface area contributed by atoms with E-state index >= 15 is 0 Å². The molecule has 1 heterocycles. The van der Waals surface area contributed by atoms with Crippen LogP contribution >= 0.6 is 11.3 Å². The molecule has 7 heteroatoms. The molecule has 0 saturated carbocycles. The molecule has 2 atom stereocenters. The molecule has 2 aliphatic carbocycles. The highest BCUT2D eigenvalue weighted by atomic mass is 32.1. The van der Waals surface area contributed by atoms with Crippen molar-refractivity contribution < 1.29 is 18.9 Å². The Morgan fingerprint density at radius 1 is 1.06 bits per heavy atom. The van der Waals surface area contributed by atoms with Gasteiger partial charge in [-0.25, -0.2) is 4.98 Å². The van der Waals surface area contributed by atoms with Crippen LogP contribution in [0.5, 0.6) is 5.75 Å². The number of benzene rings is 1. The van der Waals surface area contributed by atoms with Crippen LogP contribution in [-0.4, -0.2) is 57.7 Å². The number of anilines is 1. The van der Waals surface area contributed by atoms with Crippen LogP contribution in [0.3, 0.4) is 0 Å². The molecule has 35 heavy (non-hydrogen) atoms. The predicted molar refractivity (Wildman–Crippen MR) is 141 cm³/mol. The van der Waals surface area contributed by atoms with Gasteiger partial charge in [0.15, 0.2) is 5.13 Å². The maximum Gasteiger partial charge on any atom is 0.186 e. The molecule has 6 nitrogen and oxygen atoms in total. The highest BCUT2D eigenvalue weighted by molar-refractivity contribution is 7.13. The molecule has 2 unspecified atom stereocenters. The number of rotatable bonds is 13. The molecule has 1 aromatic heterocycles. The number of methoxy groups -OCH3 is 2. The molecule has 0 fully saturated rings. The number of para-hydroxylation sites is 1. The van der Waals surface area contributed by atoms with Crippen LogP contribution in [0.2, 0.25) is 0 Å². The van der Waals surface area contributed by atoms with Crippen molar-refractivity contribution in [3.63, 3.8) is 0 Å². The first-order chi connectivity index (χ1) is 17.2. The third-order valence-corrected chi connectivity index (χ3v) is 6.84. The van der Waals surface area contributed by atoms with Crippen molar-refractivity contribution in [2.75, 3.05) is 45.4 Å². The lowest BCUT2D eigenvalue weighted by Gasteiger charge is -2.27. The van der Waals surface area contributed by atoms with Gasteiger partial charge in [-0.2, -0.15) is 0 Å². The normalized spacial score (nSPS) is 19.4. The summed E-state index contributed by atoms with van der Waals surface area (Å²) in [5.74, 6) is 0.854. The monoisotopic (exact) mass is 494 g/mol. The molecule has 4 rings (SSSR count). The van der Waals surface area contributed by atoms with E-state index < -0.39 is 0 Å². The van der Waals surface area contributed by atoms with Gasteiger partial charge in [0, 0.05) is 39.1 Å². The fourth-order valence-corrected chi connectivity index (χ4v) is 4.86. The summed E-state index contributed by atoms with van der Waals surface area (Å²) in [6.07, 6.45) is 15.0. The first-order valence-corrected chi connectivity index (χ1v) is 12.9. The maximum atomic E-state index is 5.82. The Morgan fingerprint density at radius 3 is 2.74 bits per heavy atom. The fourth-order valence-electron chi connectivity index (χ4n) is 4.05. The molecule has 0 spiro atoms. The SMILES string of the molecule is COC1C=C(CN(CC2=CC=CC(OC)C2)c2nc(COCCOc3ccccc3)cs2)C=CC1. The number of allylic oxidation sites excluding steroid dienone is 2. The van der Waals surface area contributed by atoms with E-state index in [4.69, 9.17) is 23.9 Å². The Balaban J connectivity index is 1.36. The minimum Gasteiger partial charge on any atom is -0.491 e. The second-order valence-electron chi connectivity index (χ2n) is 8.53. The molecule has 0 N–H and O–H groups in total. The summed E-state index contributed by atoms with van der Waals surface area (Å²) in [4.78, 5) is 7.23. The van der Waals surface area contributed by atoms with Gasteiger partial charge in [0.1, 0.15) is 12.4 Å². The van der Waals surface area contributed by atoms with Crippen molar-refractivity contribution in [1.82, 2.24) is 4.98 Å². The van der Waals surface area contributed by atoms with Crippen LogP contribution in [0.15, 0.2) is 83.3 Å². The van der Waals surface area contributed by atoms with Crippen molar-refractivity contribution in [3.05, 3.63) is 89.0 Å². The van der Waals surface area contributed by atoms with Crippen LogP contribution in [0, 0.1) is 0 Å². The quantitative estimate of drug-likeness (QED) is 0.350. The fraction of sp³-hybridized carbons (Fsp3) is 0.393. The number of nitrogens with zero attached hydrogens (tertiary/aromatic N) is 2. The zero-order chi connectivity index (χ0) is 24.3. The second kappa shape index (κ2) is 13.4. The Labute approximate surface area is 212 Å². The molecule has 2 aromatic rings. The summed E-state index contributed by atoms with van der Waals surface area (Å²) >= 11 is 1.65. The van der Waals surface area contributed by atoms with Crippen molar-refractivity contribution in [1.29, 1.82) is 0 Å².